The number of halogens is 1. The summed E-state index contributed by atoms with van der Waals surface area (Å²) in [5.41, 5.74) is -0.0748. The molecule has 2 N–H and O–H groups in total. The largest absolute Gasteiger partial charge is 0.443 e. The van der Waals surface area contributed by atoms with Crippen molar-refractivity contribution in [2.24, 2.45) is 11.8 Å². The molecule has 14 heteroatoms. The van der Waals surface area contributed by atoms with Crippen molar-refractivity contribution >= 4 is 21.8 Å². The molecule has 0 aromatic heterocycles. The maximum absolute atomic E-state index is 14.3. The van der Waals surface area contributed by atoms with Crippen molar-refractivity contribution in [1.82, 2.24) is 9.62 Å². The van der Waals surface area contributed by atoms with E-state index in [1.807, 2.05) is 6.07 Å². The van der Waals surface area contributed by atoms with E-state index in [0.29, 0.717) is 19.1 Å². The first-order valence-electron chi connectivity index (χ1n) is 13.3. The van der Waals surface area contributed by atoms with E-state index in [-0.39, 0.29) is 31.4 Å². The van der Waals surface area contributed by atoms with Crippen molar-refractivity contribution in [2.75, 3.05) is 26.3 Å². The zero-order chi connectivity index (χ0) is 29.7. The van der Waals surface area contributed by atoms with E-state index in [9.17, 15) is 32.8 Å². The van der Waals surface area contributed by atoms with Crippen LogP contribution in [0.15, 0.2) is 53.4 Å². The number of hydrogen-bond donors (Lipinski definition) is 2. The molecule has 2 heterocycles. The number of nitrogens with one attached hydrogen (secondary N) is 1. The number of nitro benzene ring substituents is 1. The van der Waals surface area contributed by atoms with E-state index in [2.05, 4.69) is 5.32 Å². The van der Waals surface area contributed by atoms with Gasteiger partial charge in [-0.15, -0.1) is 0 Å². The second kappa shape index (κ2) is 13.2. The predicted molar refractivity (Wildman–Crippen MR) is 144 cm³/mol. The molecule has 0 bridgehead atoms. The average molecular weight is 596 g/mol. The first-order chi connectivity index (χ1) is 19.5. The molecule has 41 heavy (non-hydrogen) atoms. The number of fused-ring (bicyclic) bond motifs is 1. The van der Waals surface area contributed by atoms with Gasteiger partial charge in [0.2, 0.25) is 15.8 Å². The minimum Gasteiger partial charge on any atom is -0.443 e. The van der Waals surface area contributed by atoms with Crippen molar-refractivity contribution < 1.29 is 41.8 Å². The Morgan fingerprint density at radius 2 is 1.95 bits per heavy atom. The predicted octanol–water partition coefficient (Wildman–Crippen LogP) is 2.84. The normalized spacial score (nSPS) is 22.0. The van der Waals surface area contributed by atoms with Crippen LogP contribution < -0.4 is 5.32 Å². The number of carbonyl (C=O) groups excluding carboxylic acids is 1. The van der Waals surface area contributed by atoms with Crippen LogP contribution in [0.2, 0.25) is 0 Å². The van der Waals surface area contributed by atoms with E-state index >= 15 is 0 Å². The number of benzene rings is 2. The maximum Gasteiger partial charge on any atom is 0.407 e. The van der Waals surface area contributed by atoms with E-state index < -0.39 is 68.5 Å². The highest BCUT2D eigenvalue weighted by molar-refractivity contribution is 7.89. The number of sulfonamides is 1. The van der Waals surface area contributed by atoms with Crippen LogP contribution in [0.4, 0.5) is 14.9 Å². The van der Waals surface area contributed by atoms with Gasteiger partial charge in [-0.05, 0) is 30.4 Å². The van der Waals surface area contributed by atoms with Crippen LogP contribution in [0.3, 0.4) is 0 Å². The van der Waals surface area contributed by atoms with Crippen molar-refractivity contribution in [3.8, 4) is 0 Å². The number of aliphatic hydroxyl groups excluding tert-OH is 1. The number of alkyl carbamates (subject to hydrolysis) is 1. The third-order valence-corrected chi connectivity index (χ3v) is 8.85. The Labute approximate surface area is 237 Å². The lowest BCUT2D eigenvalue weighted by Gasteiger charge is -2.31. The molecule has 5 atom stereocenters. The highest BCUT2D eigenvalue weighted by atomic mass is 32.2. The molecule has 0 saturated carbocycles. The van der Waals surface area contributed by atoms with Gasteiger partial charge in [-0.1, -0.05) is 44.2 Å². The Morgan fingerprint density at radius 3 is 2.61 bits per heavy atom. The molecular formula is C27H34FN3O9S. The minimum atomic E-state index is -4.38. The van der Waals surface area contributed by atoms with E-state index in [1.165, 1.54) is 0 Å². The summed E-state index contributed by atoms with van der Waals surface area (Å²) in [6.07, 6.45) is -2.29. The first-order valence-corrected chi connectivity index (χ1v) is 14.8. The lowest BCUT2D eigenvalue weighted by atomic mass is 10.0. The second-order valence-electron chi connectivity index (χ2n) is 10.6. The van der Waals surface area contributed by atoms with E-state index in [4.69, 9.17) is 14.2 Å². The van der Waals surface area contributed by atoms with Crippen LogP contribution in [0, 0.1) is 27.8 Å². The van der Waals surface area contributed by atoms with Gasteiger partial charge in [0, 0.05) is 25.2 Å². The molecule has 224 valence electrons. The van der Waals surface area contributed by atoms with Crippen LogP contribution in [-0.4, -0.2) is 79.7 Å². The van der Waals surface area contributed by atoms with E-state index in [0.717, 1.165) is 22.0 Å². The molecule has 5 unspecified atom stereocenters. The van der Waals surface area contributed by atoms with Gasteiger partial charge < -0.3 is 24.6 Å². The zero-order valence-corrected chi connectivity index (χ0v) is 23.5. The Bertz CT molecular complexity index is 1330. The summed E-state index contributed by atoms with van der Waals surface area (Å²) < 4.78 is 58.9. The van der Waals surface area contributed by atoms with Crippen LogP contribution in [0.5, 0.6) is 0 Å². The fraction of sp³-hybridized carbons (Fsp3) is 0.519. The standard InChI is InChI=1S/C27H34FN3O9S/c1-17(2)14-30(41(36,37)19-8-9-23(31(34)35)21(28)13-19)15-24(32)22(12-18-6-4-3-5-7-18)29-27(33)40-25-16-39-26-20(25)10-11-38-26/h3-9,13,17,20,22,24-26,32H,10-12,14-16H2,1-2H3,(H,29,33). The lowest BCUT2D eigenvalue weighted by molar-refractivity contribution is -0.387. The number of rotatable bonds is 12. The highest BCUT2D eigenvalue weighted by Gasteiger charge is 2.44. The van der Waals surface area contributed by atoms with Crippen molar-refractivity contribution in [3.63, 3.8) is 0 Å². The van der Waals surface area contributed by atoms with Gasteiger partial charge >= 0.3 is 11.8 Å². The molecule has 0 aliphatic carbocycles. The molecule has 2 saturated heterocycles. The number of amides is 1. The third kappa shape index (κ3) is 7.57. The van der Waals surface area contributed by atoms with Crippen molar-refractivity contribution in [1.29, 1.82) is 0 Å². The molecule has 2 aliphatic heterocycles. The molecule has 2 aliphatic rings. The summed E-state index contributed by atoms with van der Waals surface area (Å²) in [5.74, 6) is -1.57. The van der Waals surface area contributed by atoms with Crippen LogP contribution in [0.25, 0.3) is 0 Å². The topological polar surface area (TPSA) is 158 Å². The van der Waals surface area contributed by atoms with Gasteiger partial charge in [0.25, 0.3) is 0 Å². The minimum absolute atomic E-state index is 0.0387. The number of aliphatic hydroxyl groups is 1. The van der Waals surface area contributed by atoms with Crippen LogP contribution in [0.1, 0.15) is 25.8 Å². The quantitative estimate of drug-likeness (QED) is 0.278. The molecule has 0 radical (unpaired) electrons. The van der Waals surface area contributed by atoms with Gasteiger partial charge in [-0.2, -0.15) is 8.70 Å². The molecule has 2 aromatic carbocycles. The SMILES string of the molecule is CC(C)CN(CC(O)C(Cc1ccccc1)NC(=O)OC1COC2OCCC12)S(=O)(=O)c1ccc([N+](=O)[O-])c(F)c1. The van der Waals surface area contributed by atoms with Gasteiger partial charge in [0.05, 0.1) is 41.1 Å². The summed E-state index contributed by atoms with van der Waals surface area (Å²) in [5, 5.41) is 25.0. The van der Waals surface area contributed by atoms with Crippen LogP contribution >= 0.6 is 0 Å². The number of nitro groups is 1. The summed E-state index contributed by atoms with van der Waals surface area (Å²) in [6.45, 7) is 3.74. The van der Waals surface area contributed by atoms with Gasteiger partial charge in [0.1, 0.15) is 6.10 Å². The van der Waals surface area contributed by atoms with Gasteiger partial charge in [-0.3, -0.25) is 10.1 Å². The second-order valence-corrected chi connectivity index (χ2v) is 12.5. The summed E-state index contributed by atoms with van der Waals surface area (Å²) in [4.78, 5) is 22.5. The molecule has 2 aromatic rings. The molecule has 4 rings (SSSR count). The van der Waals surface area contributed by atoms with Crippen LogP contribution in [-0.2, 0) is 30.7 Å². The average Bonchev–Trinajstić information content (AvgIpc) is 3.53. The fourth-order valence-electron chi connectivity index (χ4n) is 4.98. The lowest BCUT2D eigenvalue weighted by Crippen LogP contribution is -2.51. The molecule has 1 amide bonds. The number of ether oxygens (including phenoxy) is 3. The zero-order valence-electron chi connectivity index (χ0n) is 22.7. The highest BCUT2D eigenvalue weighted by Crippen LogP contribution is 2.33. The Morgan fingerprint density at radius 1 is 1.22 bits per heavy atom. The summed E-state index contributed by atoms with van der Waals surface area (Å²) in [6, 6.07) is 10.4. The molecular weight excluding hydrogens is 561 g/mol. The van der Waals surface area contributed by atoms with Crippen molar-refractivity contribution in [2.45, 2.75) is 56.1 Å². The monoisotopic (exact) mass is 595 g/mol. The summed E-state index contributed by atoms with van der Waals surface area (Å²) >= 11 is 0. The maximum atomic E-state index is 14.3. The molecule has 12 nitrogen and oxygen atoms in total. The molecule has 0 spiro atoms. The third-order valence-electron chi connectivity index (χ3n) is 7.02. The number of hydrogen-bond acceptors (Lipinski definition) is 9. The Hall–Kier alpha value is -3.17. The Balaban J connectivity index is 1.54. The molecule has 2 fully saturated rings. The first kappa shape index (κ1) is 30.8. The smallest absolute Gasteiger partial charge is 0.407 e. The summed E-state index contributed by atoms with van der Waals surface area (Å²) in [7, 11) is -4.38. The number of carbonyl (C=O) groups is 1. The van der Waals surface area contributed by atoms with Gasteiger partial charge in [-0.25, -0.2) is 13.2 Å². The number of nitrogens with zero attached hydrogens (tertiary/aromatic N) is 2. The van der Waals surface area contributed by atoms with E-state index in [1.54, 1.807) is 38.1 Å². The van der Waals surface area contributed by atoms with Crippen molar-refractivity contribution in [3.05, 3.63) is 70.0 Å². The van der Waals surface area contributed by atoms with Gasteiger partial charge in [0.15, 0.2) is 6.29 Å². The fourth-order valence-corrected chi connectivity index (χ4v) is 6.61. The Kier molecular flexibility index (Phi) is 9.92.